The number of amides is 1. The van der Waals surface area contributed by atoms with Gasteiger partial charge < -0.3 is 14.5 Å². The van der Waals surface area contributed by atoms with Crippen LogP contribution in [-0.4, -0.2) is 28.0 Å². The molecule has 0 bridgehead atoms. The predicted octanol–water partition coefficient (Wildman–Crippen LogP) is 4.58. The van der Waals surface area contributed by atoms with Gasteiger partial charge in [-0.15, -0.1) is 0 Å². The molecule has 0 saturated heterocycles. The number of rotatable bonds is 6. The number of hydrogen-bond acceptors (Lipinski definition) is 6. The number of nitrogens with one attached hydrogen (secondary N) is 1. The fraction of sp³-hybridized carbons (Fsp3) is 0.120. The number of ether oxygens (including phenoxy) is 1. The van der Waals surface area contributed by atoms with Crippen molar-refractivity contribution in [3.8, 4) is 5.75 Å². The monoisotopic (exact) mass is 460 g/mol. The van der Waals surface area contributed by atoms with Gasteiger partial charge in [0.05, 0.1) is 18.2 Å². The smallest absolute Gasteiger partial charge is 0.289 e. The second kappa shape index (κ2) is 8.86. The Balaban J connectivity index is 1.53. The van der Waals surface area contributed by atoms with E-state index in [1.165, 1.54) is 7.11 Å². The highest BCUT2D eigenvalue weighted by Crippen LogP contribution is 2.29. The standard InChI is InChI=1S/C25H18F2N4O3/c1-33-21-15(11-16(26)12-18(21)27)13-29-24(32)23-30-19(10-14-6-3-2-4-7-14)22-20(31-23)17-8-5-9-28-25(17)34-22/h2-9,11-12H,10,13H2,1H3,(H,29,32). The van der Waals surface area contributed by atoms with Crippen molar-refractivity contribution in [2.45, 2.75) is 13.0 Å². The minimum atomic E-state index is -0.855. The van der Waals surface area contributed by atoms with Crippen LogP contribution in [0.3, 0.4) is 0 Å². The fourth-order valence-corrected chi connectivity index (χ4v) is 3.77. The summed E-state index contributed by atoms with van der Waals surface area (Å²) in [5.74, 6) is -2.48. The number of carbonyl (C=O) groups excluding carboxylic acids is 1. The maximum Gasteiger partial charge on any atom is 0.289 e. The summed E-state index contributed by atoms with van der Waals surface area (Å²) in [6, 6.07) is 15.0. The first-order chi connectivity index (χ1) is 16.5. The molecule has 0 atom stereocenters. The molecule has 2 aromatic carbocycles. The average molecular weight is 460 g/mol. The first-order valence-corrected chi connectivity index (χ1v) is 10.4. The summed E-state index contributed by atoms with van der Waals surface area (Å²) in [6.45, 7) is -0.181. The third-order valence-electron chi connectivity index (χ3n) is 5.31. The van der Waals surface area contributed by atoms with Crippen LogP contribution in [0.25, 0.3) is 22.2 Å². The summed E-state index contributed by atoms with van der Waals surface area (Å²) in [6.07, 6.45) is 2.01. The van der Waals surface area contributed by atoms with E-state index in [-0.39, 0.29) is 23.7 Å². The molecule has 0 aliphatic rings. The molecule has 1 N–H and O–H groups in total. The molecule has 0 fully saturated rings. The summed E-state index contributed by atoms with van der Waals surface area (Å²) >= 11 is 0. The van der Waals surface area contributed by atoms with Crippen LogP contribution in [0.15, 0.2) is 65.2 Å². The van der Waals surface area contributed by atoms with Crippen molar-refractivity contribution in [3.63, 3.8) is 0 Å². The van der Waals surface area contributed by atoms with Gasteiger partial charge in [-0.1, -0.05) is 30.3 Å². The van der Waals surface area contributed by atoms with Crippen molar-refractivity contribution in [3.05, 3.63) is 95.1 Å². The summed E-state index contributed by atoms with van der Waals surface area (Å²) in [5, 5.41) is 3.27. The largest absolute Gasteiger partial charge is 0.493 e. The van der Waals surface area contributed by atoms with Crippen LogP contribution in [0, 0.1) is 11.6 Å². The highest BCUT2D eigenvalue weighted by Gasteiger charge is 2.21. The molecule has 1 amide bonds. The van der Waals surface area contributed by atoms with E-state index in [0.29, 0.717) is 34.3 Å². The Kier molecular flexibility index (Phi) is 5.59. The average Bonchev–Trinajstić information content (AvgIpc) is 3.22. The highest BCUT2D eigenvalue weighted by atomic mass is 19.1. The van der Waals surface area contributed by atoms with Gasteiger partial charge in [0.15, 0.2) is 17.1 Å². The summed E-state index contributed by atoms with van der Waals surface area (Å²) in [5.41, 5.74) is 2.94. The number of carbonyl (C=O) groups is 1. The van der Waals surface area contributed by atoms with E-state index in [9.17, 15) is 13.6 Å². The predicted molar refractivity (Wildman–Crippen MR) is 120 cm³/mol. The number of benzene rings is 2. The van der Waals surface area contributed by atoms with E-state index < -0.39 is 17.5 Å². The van der Waals surface area contributed by atoms with Crippen LogP contribution in [0.5, 0.6) is 5.75 Å². The van der Waals surface area contributed by atoms with Gasteiger partial charge >= 0.3 is 0 Å². The first-order valence-electron chi connectivity index (χ1n) is 10.4. The Labute approximate surface area is 192 Å². The summed E-state index contributed by atoms with van der Waals surface area (Å²) < 4.78 is 38.6. The Bertz CT molecular complexity index is 1520. The quantitative estimate of drug-likeness (QED) is 0.399. The number of hydrogen-bond donors (Lipinski definition) is 1. The molecule has 34 heavy (non-hydrogen) atoms. The van der Waals surface area contributed by atoms with Gasteiger partial charge in [0.1, 0.15) is 11.3 Å². The lowest BCUT2D eigenvalue weighted by Crippen LogP contribution is -2.26. The Morgan fingerprint density at radius 2 is 1.91 bits per heavy atom. The molecule has 0 spiro atoms. The molecule has 3 heterocycles. The van der Waals surface area contributed by atoms with Crippen molar-refractivity contribution >= 4 is 28.1 Å². The molecule has 5 rings (SSSR count). The number of methoxy groups -OCH3 is 1. The van der Waals surface area contributed by atoms with Gasteiger partial charge in [-0.05, 0) is 23.8 Å². The highest BCUT2D eigenvalue weighted by molar-refractivity contribution is 6.03. The topological polar surface area (TPSA) is 90.1 Å². The minimum Gasteiger partial charge on any atom is -0.493 e. The maximum atomic E-state index is 14.0. The third kappa shape index (κ3) is 4.03. The van der Waals surface area contributed by atoms with Gasteiger partial charge in [0.25, 0.3) is 5.91 Å². The second-order valence-corrected chi connectivity index (χ2v) is 7.55. The molecule has 3 aromatic heterocycles. The van der Waals surface area contributed by atoms with Crippen LogP contribution in [0.4, 0.5) is 8.78 Å². The molecule has 7 nitrogen and oxygen atoms in total. The minimum absolute atomic E-state index is 0.0965. The van der Waals surface area contributed by atoms with Crippen LogP contribution >= 0.6 is 0 Å². The number of furan rings is 1. The molecule has 5 aromatic rings. The van der Waals surface area contributed by atoms with Crippen molar-refractivity contribution < 1.29 is 22.7 Å². The second-order valence-electron chi connectivity index (χ2n) is 7.55. The molecular weight excluding hydrogens is 442 g/mol. The zero-order chi connectivity index (χ0) is 23.7. The normalized spacial score (nSPS) is 11.1. The van der Waals surface area contributed by atoms with Gasteiger partial charge in [-0.3, -0.25) is 4.79 Å². The van der Waals surface area contributed by atoms with E-state index in [2.05, 4.69) is 20.3 Å². The zero-order valence-electron chi connectivity index (χ0n) is 18.0. The van der Waals surface area contributed by atoms with Crippen LogP contribution in [0.2, 0.25) is 0 Å². The van der Waals surface area contributed by atoms with Crippen LogP contribution in [0.1, 0.15) is 27.4 Å². The maximum absolute atomic E-state index is 14.0. The van der Waals surface area contributed by atoms with Crippen LogP contribution < -0.4 is 10.1 Å². The van der Waals surface area contributed by atoms with E-state index in [4.69, 9.17) is 9.15 Å². The Morgan fingerprint density at radius 3 is 2.71 bits per heavy atom. The zero-order valence-corrected chi connectivity index (χ0v) is 18.0. The number of pyridine rings is 1. The Hall–Kier alpha value is -4.40. The summed E-state index contributed by atoms with van der Waals surface area (Å²) in [4.78, 5) is 26.1. The van der Waals surface area contributed by atoms with Gasteiger partial charge in [-0.25, -0.2) is 23.7 Å². The number of halogens is 2. The summed E-state index contributed by atoms with van der Waals surface area (Å²) in [7, 11) is 1.27. The molecule has 0 saturated carbocycles. The molecule has 0 aliphatic heterocycles. The van der Waals surface area contributed by atoms with Crippen molar-refractivity contribution in [1.29, 1.82) is 0 Å². The Morgan fingerprint density at radius 1 is 1.09 bits per heavy atom. The van der Waals surface area contributed by atoms with Gasteiger partial charge in [-0.2, -0.15) is 0 Å². The van der Waals surface area contributed by atoms with E-state index in [1.54, 1.807) is 18.3 Å². The lowest BCUT2D eigenvalue weighted by molar-refractivity contribution is 0.0940. The number of nitrogens with zero attached hydrogens (tertiary/aromatic N) is 3. The fourth-order valence-electron chi connectivity index (χ4n) is 3.77. The molecule has 0 unspecified atom stereocenters. The van der Waals surface area contributed by atoms with Crippen molar-refractivity contribution in [2.24, 2.45) is 0 Å². The van der Waals surface area contributed by atoms with Gasteiger partial charge in [0.2, 0.25) is 11.5 Å². The van der Waals surface area contributed by atoms with Crippen LogP contribution in [-0.2, 0) is 13.0 Å². The third-order valence-corrected chi connectivity index (χ3v) is 5.31. The molecule has 0 aliphatic carbocycles. The van der Waals surface area contributed by atoms with Crippen molar-refractivity contribution in [1.82, 2.24) is 20.3 Å². The SMILES string of the molecule is COc1c(F)cc(F)cc1CNC(=O)c1nc(Cc2ccccc2)c2oc3ncccc3c2n1. The molecule has 0 radical (unpaired) electrons. The molecule has 9 heteroatoms. The van der Waals surface area contributed by atoms with Gasteiger partial charge in [0, 0.05) is 30.8 Å². The first kappa shape index (κ1) is 21.4. The lowest BCUT2D eigenvalue weighted by atomic mass is 10.1. The molecule has 170 valence electrons. The number of aromatic nitrogens is 3. The van der Waals surface area contributed by atoms with E-state index in [0.717, 1.165) is 17.7 Å². The molecular formula is C25H18F2N4O3. The number of fused-ring (bicyclic) bond motifs is 3. The van der Waals surface area contributed by atoms with E-state index in [1.807, 2.05) is 30.3 Å². The lowest BCUT2D eigenvalue weighted by Gasteiger charge is -2.11. The van der Waals surface area contributed by atoms with E-state index >= 15 is 0 Å². The van der Waals surface area contributed by atoms with Crippen molar-refractivity contribution in [2.75, 3.05) is 7.11 Å².